The van der Waals surface area contributed by atoms with Gasteiger partial charge in [0.1, 0.15) is 23.5 Å². The van der Waals surface area contributed by atoms with Crippen molar-refractivity contribution < 1.29 is 33.3 Å². The van der Waals surface area contributed by atoms with Gasteiger partial charge in [0, 0.05) is 48.6 Å². The van der Waals surface area contributed by atoms with Crippen molar-refractivity contribution in [3.8, 4) is 17.2 Å². The van der Waals surface area contributed by atoms with Crippen LogP contribution in [0.2, 0.25) is 0 Å². The van der Waals surface area contributed by atoms with E-state index in [1.165, 1.54) is 25.3 Å². The minimum absolute atomic E-state index is 0.0725. The number of halogens is 1. The Morgan fingerprint density at radius 2 is 2.00 bits per heavy atom. The fourth-order valence-corrected chi connectivity index (χ4v) is 5.72. The summed E-state index contributed by atoms with van der Waals surface area (Å²) in [5.41, 5.74) is 3.34. The fourth-order valence-electron chi connectivity index (χ4n) is 5.72. The van der Waals surface area contributed by atoms with Crippen LogP contribution in [-0.4, -0.2) is 60.9 Å². The first-order valence-corrected chi connectivity index (χ1v) is 14.4. The number of aryl methyl sites for hydroxylation is 1. The topological polar surface area (TPSA) is 122 Å². The van der Waals surface area contributed by atoms with Crippen molar-refractivity contribution in [1.82, 2.24) is 15.6 Å². The van der Waals surface area contributed by atoms with Crippen molar-refractivity contribution in [2.75, 3.05) is 31.7 Å². The van der Waals surface area contributed by atoms with Crippen LogP contribution in [0.4, 0.5) is 10.2 Å². The molecule has 44 heavy (non-hydrogen) atoms. The molecule has 2 aliphatic heterocycles. The van der Waals surface area contributed by atoms with Crippen LogP contribution in [0.3, 0.4) is 0 Å². The predicted octanol–water partition coefficient (Wildman–Crippen LogP) is 3.65. The van der Waals surface area contributed by atoms with Crippen LogP contribution in [0.15, 0.2) is 60.7 Å². The lowest BCUT2D eigenvalue weighted by Gasteiger charge is -2.40. The number of aromatic nitrogens is 1. The van der Waals surface area contributed by atoms with E-state index in [-0.39, 0.29) is 37.2 Å². The Morgan fingerprint density at radius 1 is 1.14 bits per heavy atom. The highest BCUT2D eigenvalue weighted by Gasteiger charge is 2.34. The molecule has 0 spiro atoms. The Hall–Kier alpha value is -4.90. The van der Waals surface area contributed by atoms with E-state index < -0.39 is 23.9 Å². The largest absolute Gasteiger partial charge is 0.493 e. The van der Waals surface area contributed by atoms with Crippen LogP contribution < -0.4 is 29.7 Å². The third-order valence-electron chi connectivity index (χ3n) is 7.93. The van der Waals surface area contributed by atoms with E-state index in [2.05, 4.69) is 10.6 Å². The molecule has 4 aromatic rings. The molecule has 6 rings (SSSR count). The first-order valence-electron chi connectivity index (χ1n) is 14.4. The maximum Gasteiger partial charge on any atom is 0.258 e. The van der Waals surface area contributed by atoms with Crippen molar-refractivity contribution in [2.45, 2.75) is 38.6 Å². The number of ether oxygens (including phenoxy) is 3. The van der Waals surface area contributed by atoms with Gasteiger partial charge < -0.3 is 34.9 Å². The van der Waals surface area contributed by atoms with Crippen LogP contribution in [0.25, 0.3) is 10.9 Å². The number of carbonyl (C=O) groups is 2. The molecule has 0 saturated carbocycles. The standard InChI is InChI=1S/C33H33FN4O6/c1-19-4-3-5-21-12-23(17-39)32(37-31(19)21)38-9-8-27-26(16-38)36-33(41)22-6-7-28(42-2)29(13-22)43-18-30(40)35-15-20-10-24(34)14-25(11-20)44-27/h3-7,10-14,26-27,39H,8-9,15-18H2,1-2H3,(H,35,40)(H,36,41)/t26-,27+/m0/s1. The molecule has 3 N–H and O–H groups in total. The number of anilines is 1. The van der Waals surface area contributed by atoms with Gasteiger partial charge in [0.2, 0.25) is 0 Å². The summed E-state index contributed by atoms with van der Waals surface area (Å²) in [6.07, 6.45) is -0.0378. The molecule has 3 aromatic carbocycles. The molecule has 0 unspecified atom stereocenters. The summed E-state index contributed by atoms with van der Waals surface area (Å²) >= 11 is 0. The summed E-state index contributed by atoms with van der Waals surface area (Å²) in [6.45, 7) is 2.38. The number of hydrogen-bond acceptors (Lipinski definition) is 8. The molecule has 0 aliphatic carbocycles. The molecule has 10 nitrogen and oxygen atoms in total. The lowest BCUT2D eigenvalue weighted by atomic mass is 9.99. The number of methoxy groups -OCH3 is 1. The van der Waals surface area contributed by atoms with Gasteiger partial charge in [-0.15, -0.1) is 0 Å². The summed E-state index contributed by atoms with van der Waals surface area (Å²) in [5.74, 6) is 0.203. The van der Waals surface area contributed by atoms with Crippen LogP contribution in [0.1, 0.15) is 33.5 Å². The Bertz CT molecular complexity index is 1730. The summed E-state index contributed by atoms with van der Waals surface area (Å²) in [4.78, 5) is 33.1. The smallest absolute Gasteiger partial charge is 0.258 e. The minimum atomic E-state index is -0.539. The van der Waals surface area contributed by atoms with E-state index >= 15 is 0 Å². The highest BCUT2D eigenvalue weighted by molar-refractivity contribution is 5.95. The summed E-state index contributed by atoms with van der Waals surface area (Å²) in [7, 11) is 1.47. The Morgan fingerprint density at radius 3 is 2.82 bits per heavy atom. The Labute approximate surface area is 253 Å². The molecule has 3 heterocycles. The van der Waals surface area contributed by atoms with Gasteiger partial charge in [-0.25, -0.2) is 9.37 Å². The molecule has 2 atom stereocenters. The quantitative estimate of drug-likeness (QED) is 0.326. The number of hydrogen-bond donors (Lipinski definition) is 3. The molecule has 2 aliphatic rings. The van der Waals surface area contributed by atoms with E-state index in [0.29, 0.717) is 47.8 Å². The second-order valence-electron chi connectivity index (χ2n) is 11.0. The van der Waals surface area contributed by atoms with Crippen molar-refractivity contribution in [3.63, 3.8) is 0 Å². The highest BCUT2D eigenvalue weighted by Crippen LogP contribution is 2.31. The molecule has 4 bridgehead atoms. The number of carbonyl (C=O) groups excluding carboxylic acids is 2. The normalized spacial score (nSPS) is 18.9. The zero-order valence-corrected chi connectivity index (χ0v) is 24.4. The maximum atomic E-state index is 14.6. The van der Waals surface area contributed by atoms with Crippen molar-refractivity contribution in [3.05, 3.63) is 88.7 Å². The van der Waals surface area contributed by atoms with Gasteiger partial charge in [-0.3, -0.25) is 9.59 Å². The number of amides is 2. The third-order valence-corrected chi connectivity index (χ3v) is 7.93. The number of nitrogens with zero attached hydrogens (tertiary/aromatic N) is 2. The number of para-hydroxylation sites is 1. The number of aliphatic hydroxyl groups is 1. The van der Waals surface area contributed by atoms with E-state index in [1.807, 2.05) is 36.1 Å². The van der Waals surface area contributed by atoms with Crippen LogP contribution >= 0.6 is 0 Å². The fraction of sp³-hybridized carbons (Fsp3) is 0.303. The molecule has 11 heteroatoms. The van der Waals surface area contributed by atoms with Crippen molar-refractivity contribution in [1.29, 1.82) is 0 Å². The van der Waals surface area contributed by atoms with Crippen LogP contribution in [-0.2, 0) is 17.9 Å². The zero-order valence-electron chi connectivity index (χ0n) is 24.4. The van der Waals surface area contributed by atoms with Crippen LogP contribution in [0.5, 0.6) is 17.2 Å². The maximum absolute atomic E-state index is 14.6. The second kappa shape index (κ2) is 12.4. The van der Waals surface area contributed by atoms with Crippen LogP contribution in [0, 0.1) is 12.7 Å². The molecule has 1 saturated heterocycles. The van der Waals surface area contributed by atoms with E-state index in [1.54, 1.807) is 18.2 Å². The molecular weight excluding hydrogens is 567 g/mol. The van der Waals surface area contributed by atoms with Gasteiger partial charge >= 0.3 is 0 Å². The summed E-state index contributed by atoms with van der Waals surface area (Å²) in [5, 5.41) is 17.0. The molecular formula is C33H33FN4O6. The third kappa shape index (κ3) is 6.09. The molecule has 0 radical (unpaired) electrons. The second-order valence-corrected chi connectivity index (χ2v) is 11.0. The number of aliphatic hydroxyl groups excluding tert-OH is 1. The first kappa shape index (κ1) is 29.2. The summed E-state index contributed by atoms with van der Waals surface area (Å²) < 4.78 is 32.0. The van der Waals surface area contributed by atoms with Crippen molar-refractivity contribution in [2.24, 2.45) is 0 Å². The molecule has 2 amide bonds. The SMILES string of the molecule is COc1ccc2cc1OCC(=O)NCc1cc(F)cc(c1)O[C@@H]1CCN(c3nc4c(C)cccc4cc3CO)C[C@@H]1NC2=O. The number of nitrogens with one attached hydrogen (secondary N) is 2. The predicted molar refractivity (Wildman–Crippen MR) is 162 cm³/mol. The summed E-state index contributed by atoms with van der Waals surface area (Å²) in [6, 6.07) is 16.3. The molecule has 1 fully saturated rings. The molecule has 228 valence electrons. The molecule has 1 aromatic heterocycles. The first-order chi connectivity index (χ1) is 21.3. The van der Waals surface area contributed by atoms with Gasteiger partial charge in [-0.2, -0.15) is 0 Å². The van der Waals surface area contributed by atoms with Gasteiger partial charge in [0.05, 0.1) is 25.3 Å². The number of pyridine rings is 1. The minimum Gasteiger partial charge on any atom is -0.493 e. The number of fused-ring (bicyclic) bond motifs is 6. The van der Waals surface area contributed by atoms with Gasteiger partial charge in [-0.1, -0.05) is 18.2 Å². The Kier molecular flexibility index (Phi) is 8.21. The van der Waals surface area contributed by atoms with Crippen molar-refractivity contribution >= 4 is 28.5 Å². The average Bonchev–Trinajstić information content (AvgIpc) is 3.02. The lowest BCUT2D eigenvalue weighted by molar-refractivity contribution is -0.123. The van der Waals surface area contributed by atoms with E-state index in [4.69, 9.17) is 19.2 Å². The lowest BCUT2D eigenvalue weighted by Crippen LogP contribution is -2.57. The highest BCUT2D eigenvalue weighted by atomic mass is 19.1. The van der Waals surface area contributed by atoms with Gasteiger partial charge in [-0.05, 0) is 54.4 Å². The number of piperidine rings is 1. The average molecular weight is 601 g/mol. The van der Waals surface area contributed by atoms with E-state index in [9.17, 15) is 19.1 Å². The number of benzene rings is 3. The monoisotopic (exact) mass is 600 g/mol. The zero-order chi connectivity index (χ0) is 30.8. The van der Waals surface area contributed by atoms with Gasteiger partial charge in [0.15, 0.2) is 18.1 Å². The van der Waals surface area contributed by atoms with Gasteiger partial charge in [0.25, 0.3) is 11.8 Å². The Balaban J connectivity index is 1.37. The number of rotatable bonds is 3. The van der Waals surface area contributed by atoms with E-state index in [0.717, 1.165) is 16.5 Å².